The maximum atomic E-state index is 13.9. The highest BCUT2D eigenvalue weighted by Crippen LogP contribution is 2.35. The predicted octanol–water partition coefficient (Wildman–Crippen LogP) is 3.94. The van der Waals surface area contributed by atoms with Gasteiger partial charge in [-0.05, 0) is 80.8 Å². The molecule has 1 fully saturated rings. The number of aromatic nitrogens is 2. The van der Waals surface area contributed by atoms with E-state index in [4.69, 9.17) is 4.74 Å². The molecule has 1 aliphatic carbocycles. The van der Waals surface area contributed by atoms with Crippen LogP contribution in [0.15, 0.2) is 36.7 Å². The van der Waals surface area contributed by atoms with Crippen LogP contribution in [-0.4, -0.2) is 71.4 Å². The fourth-order valence-corrected chi connectivity index (χ4v) is 5.97. The van der Waals surface area contributed by atoms with Crippen molar-refractivity contribution in [3.63, 3.8) is 0 Å². The molecular formula is C33H43N7O4. The molecule has 3 atom stereocenters. The third-order valence-corrected chi connectivity index (χ3v) is 8.64. The number of ether oxygens (including phenoxy) is 1. The monoisotopic (exact) mass is 601 g/mol. The van der Waals surface area contributed by atoms with Gasteiger partial charge in [0, 0.05) is 23.7 Å². The Hall–Kier alpha value is -4.25. The first-order valence-corrected chi connectivity index (χ1v) is 15.3. The molecule has 2 aliphatic rings. The van der Waals surface area contributed by atoms with Gasteiger partial charge in [-0.1, -0.05) is 26.8 Å². The van der Waals surface area contributed by atoms with Crippen LogP contribution in [0.4, 0.5) is 17.2 Å². The van der Waals surface area contributed by atoms with Gasteiger partial charge in [-0.25, -0.2) is 9.97 Å². The standard InChI is InChI=1S/C33H43N7O4/c1-19(34-5)30(41)39-28(33(2,3)4)32(43)40-14-8-11-26(40)31(42)38-25-16-23-24(17-27(25)44-6)35-18-36-29(23)37-22-13-12-20-9-7-10-21(20)15-22/h12-13,15-19,26,28,34H,7-11,14H2,1-6H3,(H,38,42)(H,39,41)(H,35,36,37). The van der Waals surface area contributed by atoms with E-state index in [-0.39, 0.29) is 17.7 Å². The second-order valence-corrected chi connectivity index (χ2v) is 12.8. The number of nitrogens with one attached hydrogen (secondary N) is 4. The number of benzene rings is 2. The third kappa shape index (κ3) is 6.47. The second-order valence-electron chi connectivity index (χ2n) is 12.8. The van der Waals surface area contributed by atoms with E-state index in [9.17, 15) is 14.4 Å². The summed E-state index contributed by atoms with van der Waals surface area (Å²) in [6.07, 6.45) is 6.04. The predicted molar refractivity (Wildman–Crippen MR) is 171 cm³/mol. The molecule has 3 amide bonds. The van der Waals surface area contributed by atoms with Crippen LogP contribution in [0.5, 0.6) is 5.75 Å². The SMILES string of the molecule is CNC(C)C(=O)NC(C(=O)N1CCCC1C(=O)Nc1cc2c(Nc3ccc4c(c3)CCC4)ncnc2cc1OC)C(C)(C)C. The minimum atomic E-state index is -0.792. The van der Waals surface area contributed by atoms with Gasteiger partial charge in [-0.15, -0.1) is 0 Å². The van der Waals surface area contributed by atoms with Crippen LogP contribution in [0.3, 0.4) is 0 Å². The molecule has 11 heteroatoms. The molecule has 44 heavy (non-hydrogen) atoms. The summed E-state index contributed by atoms with van der Waals surface area (Å²) in [7, 11) is 3.23. The zero-order valence-corrected chi connectivity index (χ0v) is 26.4. The van der Waals surface area contributed by atoms with Gasteiger partial charge in [0.15, 0.2) is 0 Å². The molecule has 4 N–H and O–H groups in total. The lowest BCUT2D eigenvalue weighted by molar-refractivity contribution is -0.143. The maximum Gasteiger partial charge on any atom is 0.247 e. The van der Waals surface area contributed by atoms with Crippen LogP contribution in [-0.2, 0) is 27.2 Å². The van der Waals surface area contributed by atoms with E-state index >= 15 is 0 Å². The van der Waals surface area contributed by atoms with Crippen molar-refractivity contribution in [1.29, 1.82) is 0 Å². The lowest BCUT2D eigenvalue weighted by atomic mass is 9.85. The molecule has 0 radical (unpaired) electrons. The Labute approximate surface area is 258 Å². The van der Waals surface area contributed by atoms with Crippen molar-refractivity contribution in [2.45, 2.75) is 77.9 Å². The first kappa shape index (κ1) is 31.2. The normalized spacial score (nSPS) is 17.6. The van der Waals surface area contributed by atoms with Crippen molar-refractivity contribution in [2.24, 2.45) is 5.41 Å². The molecule has 0 spiro atoms. The third-order valence-electron chi connectivity index (χ3n) is 8.64. The van der Waals surface area contributed by atoms with Gasteiger partial charge in [0.25, 0.3) is 0 Å². The topological polar surface area (TPSA) is 138 Å². The fraction of sp³-hybridized carbons (Fsp3) is 0.485. The number of carbonyl (C=O) groups excluding carboxylic acids is 3. The molecule has 5 rings (SSSR count). The van der Waals surface area contributed by atoms with Gasteiger partial charge in [0.1, 0.15) is 30.0 Å². The van der Waals surface area contributed by atoms with E-state index < -0.39 is 23.5 Å². The molecule has 1 aliphatic heterocycles. The second kappa shape index (κ2) is 12.8. The maximum absolute atomic E-state index is 13.9. The van der Waals surface area contributed by atoms with Crippen molar-refractivity contribution in [3.8, 4) is 5.75 Å². The molecule has 0 bridgehead atoms. The smallest absolute Gasteiger partial charge is 0.247 e. The summed E-state index contributed by atoms with van der Waals surface area (Å²) in [4.78, 5) is 50.9. The number of anilines is 3. The van der Waals surface area contributed by atoms with E-state index in [0.29, 0.717) is 42.2 Å². The Morgan fingerprint density at radius 3 is 2.55 bits per heavy atom. The summed E-state index contributed by atoms with van der Waals surface area (Å²) in [5.74, 6) is 0.203. The lowest BCUT2D eigenvalue weighted by Gasteiger charge is -2.36. The highest BCUT2D eigenvalue weighted by Gasteiger charge is 2.42. The zero-order valence-electron chi connectivity index (χ0n) is 26.4. The van der Waals surface area contributed by atoms with Crippen LogP contribution >= 0.6 is 0 Å². The number of fused-ring (bicyclic) bond motifs is 2. The number of aryl methyl sites for hydroxylation is 2. The summed E-state index contributed by atoms with van der Waals surface area (Å²) < 4.78 is 5.63. The van der Waals surface area contributed by atoms with Crippen LogP contribution in [0.25, 0.3) is 10.9 Å². The van der Waals surface area contributed by atoms with Crippen molar-refractivity contribution in [2.75, 3.05) is 31.3 Å². The number of hydrogen-bond donors (Lipinski definition) is 4. The Bertz CT molecular complexity index is 1570. The van der Waals surface area contributed by atoms with E-state index in [0.717, 1.165) is 23.9 Å². The van der Waals surface area contributed by atoms with Gasteiger partial charge in [-0.2, -0.15) is 0 Å². The summed E-state index contributed by atoms with van der Waals surface area (Å²) in [6.45, 7) is 7.88. The number of likely N-dealkylation sites (N-methyl/N-ethyl adjacent to an activating group) is 1. The van der Waals surface area contributed by atoms with Crippen LogP contribution in [0, 0.1) is 5.41 Å². The first-order chi connectivity index (χ1) is 21.0. The number of methoxy groups -OCH3 is 1. The number of rotatable bonds is 9. The highest BCUT2D eigenvalue weighted by molar-refractivity contribution is 6.03. The molecule has 1 saturated heterocycles. The minimum Gasteiger partial charge on any atom is -0.494 e. The van der Waals surface area contributed by atoms with E-state index in [1.165, 1.54) is 31.0 Å². The summed E-state index contributed by atoms with van der Waals surface area (Å²) in [5, 5.41) is 13.0. The average molecular weight is 602 g/mol. The molecule has 0 saturated carbocycles. The number of amides is 3. The number of nitrogens with zero attached hydrogens (tertiary/aromatic N) is 3. The van der Waals surface area contributed by atoms with Gasteiger partial charge in [0.2, 0.25) is 17.7 Å². The lowest BCUT2D eigenvalue weighted by Crippen LogP contribution is -2.59. The number of carbonyl (C=O) groups is 3. The van der Waals surface area contributed by atoms with Crippen LogP contribution < -0.4 is 26.0 Å². The largest absolute Gasteiger partial charge is 0.494 e. The van der Waals surface area contributed by atoms with Gasteiger partial charge < -0.3 is 30.9 Å². The Balaban J connectivity index is 1.39. The highest BCUT2D eigenvalue weighted by atomic mass is 16.5. The van der Waals surface area contributed by atoms with Crippen LogP contribution in [0.1, 0.15) is 58.1 Å². The van der Waals surface area contributed by atoms with Crippen molar-refractivity contribution >= 4 is 45.8 Å². The number of likely N-dealkylation sites (tertiary alicyclic amines) is 1. The molecular weight excluding hydrogens is 558 g/mol. The molecule has 2 heterocycles. The van der Waals surface area contributed by atoms with Gasteiger partial charge >= 0.3 is 0 Å². The first-order valence-electron chi connectivity index (χ1n) is 15.3. The molecule has 3 unspecified atom stereocenters. The fourth-order valence-electron chi connectivity index (χ4n) is 5.97. The molecule has 11 nitrogen and oxygen atoms in total. The van der Waals surface area contributed by atoms with Crippen molar-refractivity contribution in [1.82, 2.24) is 25.5 Å². The summed E-state index contributed by atoms with van der Waals surface area (Å²) >= 11 is 0. The van der Waals surface area contributed by atoms with Gasteiger partial charge in [0.05, 0.1) is 24.4 Å². The average Bonchev–Trinajstić information content (AvgIpc) is 3.68. The van der Waals surface area contributed by atoms with Crippen molar-refractivity contribution in [3.05, 3.63) is 47.8 Å². The Morgan fingerprint density at radius 1 is 1.05 bits per heavy atom. The molecule has 3 aromatic rings. The molecule has 234 valence electrons. The number of hydrogen-bond acceptors (Lipinski definition) is 8. The molecule has 1 aromatic heterocycles. The van der Waals surface area contributed by atoms with E-state index in [1.54, 1.807) is 31.0 Å². The van der Waals surface area contributed by atoms with E-state index in [1.807, 2.05) is 20.8 Å². The minimum absolute atomic E-state index is 0.270. The quantitative estimate of drug-likeness (QED) is 0.290. The van der Waals surface area contributed by atoms with E-state index in [2.05, 4.69) is 49.4 Å². The Kier molecular flexibility index (Phi) is 9.05. The van der Waals surface area contributed by atoms with Crippen molar-refractivity contribution < 1.29 is 19.1 Å². The van der Waals surface area contributed by atoms with Crippen LogP contribution in [0.2, 0.25) is 0 Å². The zero-order chi connectivity index (χ0) is 31.6. The molecule has 2 aromatic carbocycles. The summed E-state index contributed by atoms with van der Waals surface area (Å²) in [6, 6.07) is 8.02. The Morgan fingerprint density at radius 2 is 1.82 bits per heavy atom. The summed E-state index contributed by atoms with van der Waals surface area (Å²) in [5.41, 5.74) is 4.24. The van der Waals surface area contributed by atoms with Gasteiger partial charge in [-0.3, -0.25) is 14.4 Å².